The summed E-state index contributed by atoms with van der Waals surface area (Å²) in [5, 5.41) is 13.1. The molecule has 6 N–H and O–H groups in total. The quantitative estimate of drug-likeness (QED) is 0.0548. The normalized spacial score (nSPS) is 13.5. The zero-order valence-electron chi connectivity index (χ0n) is 40.6. The molecule has 13 nitrogen and oxygen atoms in total. The molecule has 6 rings (SSSR count). The fourth-order valence-corrected chi connectivity index (χ4v) is 8.65. The van der Waals surface area contributed by atoms with Crippen molar-refractivity contribution in [3.63, 3.8) is 0 Å². The van der Waals surface area contributed by atoms with Gasteiger partial charge < -0.3 is 36.3 Å². The fraction of sp³-hybridized carbons (Fsp3) is 0.208. The van der Waals surface area contributed by atoms with Gasteiger partial charge in [0.25, 0.3) is 17.7 Å². The first-order valence-electron chi connectivity index (χ1n) is 21.5. The number of nitrogens with zero attached hydrogens (tertiary/aromatic N) is 2. The number of methoxy groups -OCH3 is 2. The van der Waals surface area contributed by atoms with Crippen LogP contribution in [-0.2, 0) is 11.3 Å². The van der Waals surface area contributed by atoms with Gasteiger partial charge in [-0.05, 0) is 105 Å². The number of aromatic nitrogens is 2. The molecule has 0 spiro atoms. The van der Waals surface area contributed by atoms with Gasteiger partial charge in [-0.15, -0.1) is 0 Å². The summed E-state index contributed by atoms with van der Waals surface area (Å²) in [7, 11) is 2.32. The fourth-order valence-electron chi connectivity index (χ4n) is 6.77. The van der Waals surface area contributed by atoms with E-state index in [0.717, 1.165) is 7.11 Å². The third-order valence-electron chi connectivity index (χ3n) is 10.8. The Morgan fingerprint density at radius 2 is 0.867 bits per heavy atom. The number of para-hydroxylation sites is 2. The molecular weight excluding hydrogens is 1350 g/mol. The topological polar surface area (TPSA) is 195 Å². The highest BCUT2D eigenvalue weighted by Crippen LogP contribution is 2.61. The highest BCUT2D eigenvalue weighted by atomic mass is 79.9. The SMILES string of the molecule is COc1c(N)cccc1C(=O)Nc1c(Cl)cc(C(F)(C(F)(F)F)C(F)(F)C(F)(F)F)cc1Br.COc1c(NC(=O)c2ccncc2)cccc1C(=O)Nc1c(Cl)cc(C(F)(C(F)(F)F)C(F)(F)C(F)(F)F)cc1Br.O=C(O)c1ccncc1. The van der Waals surface area contributed by atoms with E-state index in [1.54, 1.807) is 0 Å². The van der Waals surface area contributed by atoms with Crippen LogP contribution < -0.4 is 31.2 Å². The molecule has 0 saturated carbocycles. The summed E-state index contributed by atoms with van der Waals surface area (Å²) >= 11 is 16.8. The van der Waals surface area contributed by atoms with E-state index in [-0.39, 0.29) is 69.4 Å². The van der Waals surface area contributed by atoms with Gasteiger partial charge >= 0.3 is 53.9 Å². The van der Waals surface area contributed by atoms with E-state index in [1.165, 1.54) is 92.6 Å². The minimum absolute atomic E-state index is 0.00393. The van der Waals surface area contributed by atoms with Crippen LogP contribution >= 0.6 is 55.1 Å². The smallest absolute Gasteiger partial charge is 0.457 e. The third kappa shape index (κ3) is 14.2. The van der Waals surface area contributed by atoms with E-state index < -0.39 is 113 Å². The number of carbonyl (C=O) groups is 4. The van der Waals surface area contributed by atoms with Crippen LogP contribution in [0.3, 0.4) is 0 Å². The number of anilines is 4. The molecule has 0 fully saturated rings. The van der Waals surface area contributed by atoms with E-state index in [1.807, 2.05) is 0 Å². The van der Waals surface area contributed by atoms with E-state index in [4.69, 9.17) is 43.5 Å². The molecule has 0 bridgehead atoms. The second-order valence-electron chi connectivity index (χ2n) is 16.0. The van der Waals surface area contributed by atoms with Gasteiger partial charge in [-0.2, -0.15) is 70.2 Å². The number of rotatable bonds is 13. The van der Waals surface area contributed by atoms with Crippen LogP contribution in [0, 0.1) is 0 Å². The lowest BCUT2D eigenvalue weighted by atomic mass is 9.87. The number of alkyl halides is 18. The van der Waals surface area contributed by atoms with Gasteiger partial charge in [0.15, 0.2) is 11.5 Å². The van der Waals surface area contributed by atoms with Gasteiger partial charge in [0.1, 0.15) is 0 Å². The van der Waals surface area contributed by atoms with Gasteiger partial charge in [0.2, 0.25) is 0 Å². The van der Waals surface area contributed by atoms with E-state index >= 15 is 0 Å². The summed E-state index contributed by atoms with van der Waals surface area (Å²) in [6, 6.07) is 13.3. The van der Waals surface area contributed by atoms with Crippen molar-refractivity contribution in [2.75, 3.05) is 35.9 Å². The number of aromatic carboxylic acids is 1. The van der Waals surface area contributed by atoms with E-state index in [9.17, 15) is 98.2 Å². The Morgan fingerprint density at radius 1 is 0.506 bits per heavy atom. The van der Waals surface area contributed by atoms with Crippen LogP contribution in [0.25, 0.3) is 0 Å². The summed E-state index contributed by atoms with van der Waals surface area (Å²) in [5.41, 5.74) is -12.2. The number of benzene rings is 4. The van der Waals surface area contributed by atoms with Gasteiger partial charge in [0.05, 0.1) is 63.7 Å². The van der Waals surface area contributed by atoms with Gasteiger partial charge in [-0.1, -0.05) is 35.3 Å². The van der Waals surface area contributed by atoms with Crippen molar-refractivity contribution in [1.29, 1.82) is 0 Å². The molecule has 4 aromatic carbocycles. The number of carboxylic acid groups (broad SMARTS) is 1. The monoisotopic (exact) mass is 1370 g/mol. The Bertz CT molecular complexity index is 3320. The molecule has 0 aliphatic rings. The zero-order valence-corrected chi connectivity index (χ0v) is 45.3. The number of amides is 3. The Labute approximate surface area is 479 Å². The van der Waals surface area contributed by atoms with Crippen LogP contribution in [0.1, 0.15) is 52.6 Å². The van der Waals surface area contributed by atoms with E-state index in [0.29, 0.717) is 0 Å². The Kier molecular flexibility index (Phi) is 21.1. The maximum Gasteiger partial charge on any atom is 0.457 e. The second-order valence-corrected chi connectivity index (χ2v) is 18.6. The number of halogens is 22. The maximum absolute atomic E-state index is 14.9. The maximum atomic E-state index is 14.9. The number of nitrogens with two attached hydrogens (primary N) is 1. The number of carboxylic acids is 1. The number of hydrogen-bond acceptors (Lipinski definition) is 9. The summed E-state index contributed by atoms with van der Waals surface area (Å²) in [6.45, 7) is 0. The molecule has 3 amide bonds. The highest BCUT2D eigenvalue weighted by molar-refractivity contribution is 9.11. The number of pyridine rings is 2. The standard InChI is InChI=1S/C24H14BrClF9N3O3.C18H11BrClF9N2O2.C6H5NO2/c1-41-18-13(3-2-4-16(18)37-19(39)11-5-7-36-8-6-11)20(40)38-17-14(25)9-12(10-15(17)26)21(27,23(30,31)32)22(28,29)24(33,34)35;1-33-13-8(3-2-4-11(13)30)14(32)31-12-9(19)5-7(6-10(12)20)15(21,17(24,25)26)16(22,23)18(27,28)29;8-6(9)5-1-3-7-4-2-5/h2-10H,1H3,(H,37,39)(H,38,40);2-6H,30H2,1H3,(H,31,32);1-4H,(H,8,9). The summed E-state index contributed by atoms with van der Waals surface area (Å²) in [4.78, 5) is 55.7. The van der Waals surface area contributed by atoms with Crippen molar-refractivity contribution in [2.45, 2.75) is 47.9 Å². The number of nitrogens with one attached hydrogen (secondary N) is 3. The molecule has 2 heterocycles. The predicted octanol–water partition coefficient (Wildman–Crippen LogP) is 15.6. The van der Waals surface area contributed by atoms with Crippen molar-refractivity contribution in [3.8, 4) is 11.5 Å². The molecule has 83 heavy (non-hydrogen) atoms. The van der Waals surface area contributed by atoms with Crippen LogP contribution in [0.5, 0.6) is 11.5 Å². The van der Waals surface area contributed by atoms with Crippen molar-refractivity contribution in [1.82, 2.24) is 9.97 Å². The average Bonchev–Trinajstić information content (AvgIpc) is 3.13. The Morgan fingerprint density at radius 3 is 1.19 bits per heavy atom. The molecule has 2 aromatic heterocycles. The number of nitrogen functional groups attached to an aromatic ring is 1. The minimum Gasteiger partial charge on any atom is -0.494 e. The lowest BCUT2D eigenvalue weighted by molar-refractivity contribution is -0.389. The predicted molar refractivity (Wildman–Crippen MR) is 268 cm³/mol. The summed E-state index contributed by atoms with van der Waals surface area (Å²) in [5.74, 6) is -17.7. The van der Waals surface area contributed by atoms with Crippen LogP contribution in [0.2, 0.25) is 10.0 Å². The minimum atomic E-state index is -6.93. The molecular formula is C48H30Br2Cl2F18N6O7. The summed E-state index contributed by atoms with van der Waals surface area (Å²) < 4.78 is 250. The molecule has 2 atom stereocenters. The first-order valence-corrected chi connectivity index (χ1v) is 23.9. The number of ether oxygens (including phenoxy) is 2. The zero-order chi connectivity index (χ0) is 63.2. The van der Waals surface area contributed by atoms with Crippen LogP contribution in [-0.4, -0.2) is 89.5 Å². The Hall–Kier alpha value is -7.26. The molecule has 6 aromatic rings. The van der Waals surface area contributed by atoms with Crippen molar-refractivity contribution >= 4 is 102 Å². The molecule has 448 valence electrons. The van der Waals surface area contributed by atoms with Crippen LogP contribution in [0.15, 0.2) is 119 Å². The molecule has 0 aliphatic heterocycles. The van der Waals surface area contributed by atoms with Gasteiger partial charge in [-0.25, -0.2) is 13.6 Å². The largest absolute Gasteiger partial charge is 0.494 e. The molecule has 2 unspecified atom stereocenters. The molecule has 0 aliphatic carbocycles. The summed E-state index contributed by atoms with van der Waals surface area (Å²) in [6.07, 6.45) is -21.7. The van der Waals surface area contributed by atoms with E-state index in [2.05, 4.69) is 57.8 Å². The Balaban J connectivity index is 0.000000314. The van der Waals surface area contributed by atoms with Crippen molar-refractivity contribution in [2.24, 2.45) is 0 Å². The molecule has 0 saturated heterocycles. The average molecular weight is 1380 g/mol. The first kappa shape index (κ1) is 68.2. The molecule has 0 radical (unpaired) electrons. The number of hydrogen-bond donors (Lipinski definition) is 5. The highest BCUT2D eigenvalue weighted by Gasteiger charge is 2.83. The third-order valence-corrected chi connectivity index (χ3v) is 12.6. The van der Waals surface area contributed by atoms with Gasteiger partial charge in [0, 0.05) is 50.4 Å². The molecule has 35 heteroatoms. The number of carbonyl (C=O) groups excluding carboxylic acids is 3. The van der Waals surface area contributed by atoms with Gasteiger partial charge in [-0.3, -0.25) is 24.4 Å². The second kappa shape index (κ2) is 25.7. The van der Waals surface area contributed by atoms with Crippen molar-refractivity contribution < 1.29 is 113 Å². The van der Waals surface area contributed by atoms with Crippen LogP contribution in [0.4, 0.5) is 102 Å². The lowest BCUT2D eigenvalue weighted by Gasteiger charge is -2.36. The lowest BCUT2D eigenvalue weighted by Crippen LogP contribution is -2.59. The van der Waals surface area contributed by atoms with Crippen molar-refractivity contribution in [3.05, 3.63) is 162 Å². The first-order chi connectivity index (χ1) is 38.1.